The van der Waals surface area contributed by atoms with Crippen molar-refractivity contribution in [3.63, 3.8) is 0 Å². The molecule has 50 heavy (non-hydrogen) atoms. The van der Waals surface area contributed by atoms with Crippen LogP contribution in [0.2, 0.25) is 0 Å². The number of likely N-dealkylation sites (tertiary alicyclic amines) is 1. The van der Waals surface area contributed by atoms with E-state index in [4.69, 9.17) is 14.5 Å². The molecule has 9 nitrogen and oxygen atoms in total. The zero-order valence-electron chi connectivity index (χ0n) is 28.7. The number of likely N-dealkylation sites (N-methyl/N-ethyl adjacent to an activating group) is 1. The Balaban J connectivity index is 1.31. The van der Waals surface area contributed by atoms with E-state index in [1.807, 2.05) is 42.2 Å². The summed E-state index contributed by atoms with van der Waals surface area (Å²) in [4.78, 5) is 22.2. The minimum absolute atomic E-state index is 0.0292. The quantitative estimate of drug-likeness (QED) is 0.224. The van der Waals surface area contributed by atoms with Crippen molar-refractivity contribution >= 4 is 38.5 Å². The molecule has 3 aromatic carbocycles. The molecule has 5 aliphatic rings. The summed E-state index contributed by atoms with van der Waals surface area (Å²) in [6, 6.07) is 18.6. The van der Waals surface area contributed by atoms with Crippen molar-refractivity contribution in [2.24, 2.45) is 5.92 Å². The Morgan fingerprint density at radius 1 is 1.18 bits per heavy atom. The van der Waals surface area contributed by atoms with Gasteiger partial charge in [0.05, 0.1) is 41.7 Å². The van der Waals surface area contributed by atoms with Gasteiger partial charge in [0.15, 0.2) is 5.82 Å². The summed E-state index contributed by atoms with van der Waals surface area (Å²) in [5.74, 6) is 0.403. The Hall–Kier alpha value is -4.56. The molecular formula is C40H41FN6O3. The highest BCUT2D eigenvalue weighted by atomic mass is 19.1. The second-order valence-electron chi connectivity index (χ2n) is 14.7. The van der Waals surface area contributed by atoms with E-state index in [0.717, 1.165) is 70.7 Å². The van der Waals surface area contributed by atoms with Crippen LogP contribution in [0.4, 0.5) is 4.39 Å². The molecule has 256 valence electrons. The lowest BCUT2D eigenvalue weighted by Crippen LogP contribution is -2.43. The maximum atomic E-state index is 17.5. The van der Waals surface area contributed by atoms with Crippen molar-refractivity contribution in [3.05, 3.63) is 71.2 Å². The Kier molecular flexibility index (Phi) is 7.57. The van der Waals surface area contributed by atoms with Gasteiger partial charge in [0.1, 0.15) is 18.2 Å². The fourth-order valence-electron chi connectivity index (χ4n) is 9.30. The zero-order valence-corrected chi connectivity index (χ0v) is 28.7. The Labute approximate surface area is 290 Å². The van der Waals surface area contributed by atoms with Gasteiger partial charge < -0.3 is 24.3 Å². The number of nitrogens with one attached hydrogen (secondary N) is 1. The monoisotopic (exact) mass is 672 g/mol. The number of morpholine rings is 1. The van der Waals surface area contributed by atoms with E-state index >= 15 is 4.39 Å². The number of pyridine rings is 1. The van der Waals surface area contributed by atoms with E-state index in [9.17, 15) is 10.1 Å². The Morgan fingerprint density at radius 2 is 2.02 bits per heavy atom. The molecule has 0 radical (unpaired) electrons. The number of nitrogens with zero attached hydrogens (tertiary/aromatic N) is 5. The van der Waals surface area contributed by atoms with Gasteiger partial charge >= 0.3 is 0 Å². The minimum atomic E-state index is -0.426. The largest absolute Gasteiger partial charge is 0.472 e. The van der Waals surface area contributed by atoms with E-state index in [-0.39, 0.29) is 36.2 Å². The minimum Gasteiger partial charge on any atom is -0.472 e. The predicted molar refractivity (Wildman–Crippen MR) is 191 cm³/mol. The van der Waals surface area contributed by atoms with Gasteiger partial charge in [-0.05, 0) is 87.3 Å². The molecule has 1 unspecified atom stereocenters. The van der Waals surface area contributed by atoms with Gasteiger partial charge in [-0.2, -0.15) is 5.26 Å². The van der Waals surface area contributed by atoms with Crippen LogP contribution in [-0.2, 0) is 16.1 Å². The van der Waals surface area contributed by atoms with Crippen LogP contribution in [0.5, 0.6) is 5.88 Å². The number of fused-ring (bicyclic) bond motifs is 5. The first-order valence-corrected chi connectivity index (χ1v) is 17.9. The predicted octanol–water partition coefficient (Wildman–Crippen LogP) is 6.08. The molecule has 5 atom stereocenters. The number of hydrogen-bond donors (Lipinski definition) is 1. The third kappa shape index (κ3) is 4.82. The summed E-state index contributed by atoms with van der Waals surface area (Å²) >= 11 is 0. The number of rotatable bonds is 7. The number of hydrogen-bond acceptors (Lipinski definition) is 7. The molecule has 6 heterocycles. The van der Waals surface area contributed by atoms with Gasteiger partial charge in [-0.1, -0.05) is 30.3 Å². The van der Waals surface area contributed by atoms with Crippen molar-refractivity contribution < 1.29 is 18.7 Å². The summed E-state index contributed by atoms with van der Waals surface area (Å²) in [6.07, 6.45) is 3.05. The molecule has 1 amide bonds. The molecule has 1 saturated carbocycles. The van der Waals surface area contributed by atoms with Crippen LogP contribution in [-0.4, -0.2) is 83.3 Å². The van der Waals surface area contributed by atoms with Gasteiger partial charge in [-0.3, -0.25) is 9.69 Å². The molecule has 5 fully saturated rings. The Morgan fingerprint density at radius 3 is 2.74 bits per heavy atom. The van der Waals surface area contributed by atoms with Crippen LogP contribution in [0.25, 0.3) is 43.7 Å². The van der Waals surface area contributed by atoms with E-state index in [1.165, 1.54) is 0 Å². The number of aromatic nitrogens is 2. The summed E-state index contributed by atoms with van der Waals surface area (Å²) in [6.45, 7) is 7.51. The smallest absolute Gasteiger partial charge is 0.248 e. The first-order valence-electron chi connectivity index (χ1n) is 17.9. The van der Waals surface area contributed by atoms with Gasteiger partial charge in [-0.25, -0.2) is 9.37 Å². The fraction of sp³-hybridized carbons (Fsp3) is 0.425. The molecule has 10 heteroatoms. The van der Waals surface area contributed by atoms with Crippen LogP contribution < -0.4 is 10.1 Å². The second kappa shape index (κ2) is 12.0. The summed E-state index contributed by atoms with van der Waals surface area (Å²) in [7, 11) is 2.13. The maximum absolute atomic E-state index is 17.5. The molecular weight excluding hydrogens is 631 g/mol. The summed E-state index contributed by atoms with van der Waals surface area (Å²) in [5.41, 5.74) is 4.53. The molecule has 10 rings (SSSR count). The number of halogens is 1. The van der Waals surface area contributed by atoms with Crippen LogP contribution in [0.1, 0.15) is 49.0 Å². The number of benzene rings is 3. The topological polar surface area (TPSA) is 95.7 Å². The van der Waals surface area contributed by atoms with Crippen molar-refractivity contribution in [2.45, 2.75) is 63.9 Å². The van der Waals surface area contributed by atoms with E-state index in [1.54, 1.807) is 6.07 Å². The first-order chi connectivity index (χ1) is 24.3. The molecule has 4 aliphatic heterocycles. The third-order valence-corrected chi connectivity index (χ3v) is 11.8. The fourth-order valence-corrected chi connectivity index (χ4v) is 9.30. The number of carbonyl (C=O) groups excluding carboxylic acids is 1. The Bertz CT molecular complexity index is 2220. The standard InChI is InChI=1S/C40H41FN6O3/c1-22-15-29-37(36(41)34(22)28-10-5-8-24-7-4-9-25(18-42)35(24)28)44-40(50-23(2)32-11-6-12-45(32)3)30-17-27(20-46-13-14-49-21-33(46)48)47(39(29)30)38-26-16-31(38)43-19-26/h4-5,7-10,15,17,23,26,31-32,38,43H,6,11-14,16,19-21H2,1-3H3/t23-,26+,31+,32?,38-/m0/s1. The van der Waals surface area contributed by atoms with Gasteiger partial charge in [-0.15, -0.1) is 0 Å². The second-order valence-corrected chi connectivity index (χ2v) is 14.7. The maximum Gasteiger partial charge on any atom is 0.248 e. The number of aryl methyl sites for hydroxylation is 1. The van der Waals surface area contributed by atoms with E-state index < -0.39 is 5.82 Å². The summed E-state index contributed by atoms with van der Waals surface area (Å²) in [5, 5.41) is 16.9. The van der Waals surface area contributed by atoms with Crippen LogP contribution in [0.3, 0.4) is 0 Å². The lowest BCUT2D eigenvalue weighted by atomic mass is 9.79. The number of amides is 1. The number of carbonyl (C=O) groups is 1. The van der Waals surface area contributed by atoms with E-state index in [0.29, 0.717) is 54.2 Å². The van der Waals surface area contributed by atoms with Gasteiger partial charge in [0.25, 0.3) is 0 Å². The summed E-state index contributed by atoms with van der Waals surface area (Å²) < 4.78 is 32.2. The zero-order chi connectivity index (χ0) is 34.3. The van der Waals surface area contributed by atoms with E-state index in [2.05, 4.69) is 47.0 Å². The van der Waals surface area contributed by atoms with Gasteiger partial charge in [0.2, 0.25) is 11.8 Å². The molecule has 1 N–H and O–H groups in total. The highest BCUT2D eigenvalue weighted by Gasteiger charge is 2.49. The van der Waals surface area contributed by atoms with Crippen molar-refractivity contribution in [3.8, 4) is 23.1 Å². The van der Waals surface area contributed by atoms with Gasteiger partial charge in [0, 0.05) is 47.2 Å². The lowest BCUT2D eigenvalue weighted by Gasteiger charge is -2.38. The molecule has 0 spiro atoms. The molecule has 1 aliphatic carbocycles. The van der Waals surface area contributed by atoms with Crippen molar-refractivity contribution in [1.82, 2.24) is 24.7 Å². The first kappa shape index (κ1) is 31.4. The normalized spacial score (nSPS) is 24.3. The van der Waals surface area contributed by atoms with Crippen LogP contribution in [0.15, 0.2) is 48.5 Å². The third-order valence-electron chi connectivity index (χ3n) is 11.8. The lowest BCUT2D eigenvalue weighted by molar-refractivity contribution is -0.143. The number of ether oxygens (including phenoxy) is 2. The van der Waals surface area contributed by atoms with Crippen LogP contribution in [0, 0.1) is 30.0 Å². The highest BCUT2D eigenvalue weighted by molar-refractivity contribution is 6.10. The molecule has 2 bridgehead atoms. The molecule has 4 saturated heterocycles. The van der Waals surface area contributed by atoms with Crippen LogP contribution >= 0.6 is 0 Å². The SMILES string of the molecule is Cc1cc2c(nc(O[C@@H](C)C3CCCN3C)c3cc(CN4CCOCC4=O)n([C@H]4[C@H]5CN[C@@H]4C5)c32)c(F)c1-c1cccc2cccc(C#N)c12. The molecule has 2 aromatic heterocycles. The average Bonchev–Trinajstić information content (AvgIpc) is 3.92. The molecule has 5 aromatic rings. The highest BCUT2D eigenvalue weighted by Crippen LogP contribution is 2.49. The average molecular weight is 673 g/mol. The van der Waals surface area contributed by atoms with Crippen molar-refractivity contribution in [2.75, 3.05) is 39.9 Å². The van der Waals surface area contributed by atoms with Crippen molar-refractivity contribution in [1.29, 1.82) is 5.26 Å². The number of nitriles is 1.